The number of aromatic nitrogens is 5. The lowest BCUT2D eigenvalue weighted by Gasteiger charge is -2.37. The Morgan fingerprint density at radius 1 is 1.00 bits per heavy atom. The van der Waals surface area contributed by atoms with Crippen LogP contribution in [0.25, 0.3) is 10.9 Å². The molecule has 3 amide bonds. The molecule has 290 valence electrons. The monoisotopic (exact) mass is 753 g/mol. The van der Waals surface area contributed by atoms with Gasteiger partial charge in [-0.1, -0.05) is 6.07 Å². The number of imide groups is 1. The number of nitrogens with zero attached hydrogens (tertiary/aromatic N) is 9. The van der Waals surface area contributed by atoms with Gasteiger partial charge in [0.1, 0.15) is 23.5 Å². The van der Waals surface area contributed by atoms with Crippen molar-refractivity contribution in [1.82, 2.24) is 39.8 Å². The molecule has 3 saturated heterocycles. The van der Waals surface area contributed by atoms with Crippen molar-refractivity contribution in [3.63, 3.8) is 0 Å². The van der Waals surface area contributed by atoms with E-state index in [1.165, 1.54) is 4.90 Å². The van der Waals surface area contributed by atoms with E-state index in [0.29, 0.717) is 35.3 Å². The second-order valence-corrected chi connectivity index (χ2v) is 15.3. The van der Waals surface area contributed by atoms with Gasteiger partial charge >= 0.3 is 0 Å². The smallest absolute Gasteiger partial charge is 0.255 e. The van der Waals surface area contributed by atoms with Gasteiger partial charge in [-0.3, -0.25) is 29.3 Å². The van der Waals surface area contributed by atoms with Gasteiger partial charge in [0.05, 0.1) is 23.6 Å². The number of amides is 3. The summed E-state index contributed by atoms with van der Waals surface area (Å²) in [7, 11) is 3.78. The van der Waals surface area contributed by atoms with Crippen LogP contribution in [0.15, 0.2) is 36.7 Å². The number of benzene rings is 1. The largest absolute Gasteiger partial charge is 0.381 e. The Morgan fingerprint density at radius 3 is 2.49 bits per heavy atom. The molecule has 0 bridgehead atoms. The van der Waals surface area contributed by atoms with E-state index in [-0.39, 0.29) is 55.0 Å². The molecule has 4 aliphatic rings. The molecule has 7 heterocycles. The van der Waals surface area contributed by atoms with Gasteiger partial charge in [0, 0.05) is 93.5 Å². The third kappa shape index (κ3) is 7.20. The molecule has 16 heteroatoms. The molecule has 55 heavy (non-hydrogen) atoms. The molecule has 0 saturated carbocycles. The zero-order valence-electron chi connectivity index (χ0n) is 31.8. The number of pyridine rings is 1. The highest BCUT2D eigenvalue weighted by molar-refractivity contribution is 6.05. The van der Waals surface area contributed by atoms with E-state index in [1.807, 2.05) is 30.1 Å². The second kappa shape index (κ2) is 15.1. The standard InChI is InChI=1S/C39H48FN11O4/c1-23(2)51-31-19-33(43-32-9-14-41-39(44-32)49-17-12-26(55-4)13-18-49)42-20-28(31)36(46-51)48-15-10-25(11-16-48)47(3)21-24-5-6-27-29(35(24)40)22-50(38(27)54)30-7-8-34(52)45-37(30)53/h5-6,9,14,19-20,23,25-26,30H,7-8,10-13,15-18,21-22H2,1-4H3,(H,45,52,53)(H,41,42,43,44). The normalized spacial score (nSPS) is 19.9. The third-order valence-corrected chi connectivity index (χ3v) is 11.6. The van der Waals surface area contributed by atoms with Crippen molar-refractivity contribution < 1.29 is 23.5 Å². The molecule has 1 aromatic carbocycles. The molecule has 1 atom stereocenters. The first-order valence-corrected chi connectivity index (χ1v) is 19.2. The lowest BCUT2D eigenvalue weighted by atomic mass is 10.0. The van der Waals surface area contributed by atoms with Crippen molar-refractivity contribution in [3.05, 3.63) is 59.2 Å². The van der Waals surface area contributed by atoms with Gasteiger partial charge in [0.2, 0.25) is 17.8 Å². The predicted molar refractivity (Wildman–Crippen MR) is 205 cm³/mol. The average molecular weight is 754 g/mol. The second-order valence-electron chi connectivity index (χ2n) is 15.3. The van der Waals surface area contributed by atoms with Gasteiger partial charge in [-0.15, -0.1) is 0 Å². The highest BCUT2D eigenvalue weighted by Gasteiger charge is 2.40. The summed E-state index contributed by atoms with van der Waals surface area (Å²) in [6, 6.07) is 6.80. The van der Waals surface area contributed by atoms with Crippen LogP contribution in [0.5, 0.6) is 0 Å². The number of hydrogen-bond donors (Lipinski definition) is 2. The molecule has 0 radical (unpaired) electrons. The van der Waals surface area contributed by atoms with E-state index in [0.717, 1.165) is 68.6 Å². The van der Waals surface area contributed by atoms with Crippen LogP contribution in [0, 0.1) is 5.82 Å². The fourth-order valence-electron chi connectivity index (χ4n) is 8.40. The number of nitrogens with one attached hydrogen (secondary N) is 2. The van der Waals surface area contributed by atoms with Crippen LogP contribution in [-0.4, -0.2) is 111 Å². The molecular formula is C39H48FN11O4. The maximum Gasteiger partial charge on any atom is 0.255 e. The molecular weight excluding hydrogens is 706 g/mol. The van der Waals surface area contributed by atoms with Gasteiger partial charge in [-0.2, -0.15) is 10.1 Å². The van der Waals surface area contributed by atoms with Crippen LogP contribution in [0.4, 0.5) is 27.8 Å². The van der Waals surface area contributed by atoms with E-state index in [9.17, 15) is 14.4 Å². The highest BCUT2D eigenvalue weighted by Crippen LogP contribution is 2.34. The average Bonchev–Trinajstić information content (AvgIpc) is 3.74. The number of rotatable bonds is 10. The van der Waals surface area contributed by atoms with E-state index in [2.05, 4.69) is 44.2 Å². The zero-order valence-corrected chi connectivity index (χ0v) is 31.8. The number of hydrogen-bond acceptors (Lipinski definition) is 12. The van der Waals surface area contributed by atoms with Gasteiger partial charge in [-0.05, 0) is 65.1 Å². The van der Waals surface area contributed by atoms with Gasteiger partial charge in [-0.25, -0.2) is 14.4 Å². The Hall–Kier alpha value is -5.22. The van der Waals surface area contributed by atoms with Crippen LogP contribution in [-0.2, 0) is 27.4 Å². The van der Waals surface area contributed by atoms with Crippen molar-refractivity contribution in [3.8, 4) is 0 Å². The summed E-state index contributed by atoms with van der Waals surface area (Å²) < 4.78 is 23.5. The lowest BCUT2D eigenvalue weighted by Crippen LogP contribution is -2.52. The summed E-state index contributed by atoms with van der Waals surface area (Å²) in [5.41, 5.74) is 2.10. The zero-order chi connectivity index (χ0) is 38.4. The first-order chi connectivity index (χ1) is 26.6. The maximum absolute atomic E-state index is 15.9. The SMILES string of the molecule is COC1CCN(c2nccc(Nc3cc4c(cn3)c(N3CCC(N(C)Cc5ccc6c(c5F)CN(C5CCC(=O)NC5=O)C6=O)CC3)nn4C(C)C)n2)CC1. The fourth-order valence-corrected chi connectivity index (χ4v) is 8.40. The minimum absolute atomic E-state index is 0.0158. The van der Waals surface area contributed by atoms with Crippen molar-refractivity contribution in [2.75, 3.05) is 55.5 Å². The Balaban J connectivity index is 0.915. The van der Waals surface area contributed by atoms with Crippen LogP contribution in [0.3, 0.4) is 0 Å². The van der Waals surface area contributed by atoms with Crippen LogP contribution >= 0.6 is 0 Å². The minimum Gasteiger partial charge on any atom is -0.381 e. The molecule has 4 aromatic rings. The van der Waals surface area contributed by atoms with Gasteiger partial charge in [0.15, 0.2) is 5.82 Å². The Kier molecular flexibility index (Phi) is 10.1. The molecule has 0 aliphatic carbocycles. The third-order valence-electron chi connectivity index (χ3n) is 11.6. The summed E-state index contributed by atoms with van der Waals surface area (Å²) in [4.78, 5) is 59.4. The lowest BCUT2D eigenvalue weighted by molar-refractivity contribution is -0.136. The van der Waals surface area contributed by atoms with Crippen LogP contribution in [0.2, 0.25) is 0 Å². The molecule has 0 spiro atoms. The fraction of sp³-hybridized carbons (Fsp3) is 0.513. The summed E-state index contributed by atoms with van der Waals surface area (Å²) in [5.74, 6) is 1.31. The van der Waals surface area contributed by atoms with E-state index in [4.69, 9.17) is 19.8 Å². The summed E-state index contributed by atoms with van der Waals surface area (Å²) in [5, 5.41) is 11.7. The van der Waals surface area contributed by atoms with Gasteiger partial charge in [0.25, 0.3) is 5.91 Å². The number of halogens is 1. The molecule has 15 nitrogen and oxygen atoms in total. The number of anilines is 4. The Labute approximate surface area is 319 Å². The summed E-state index contributed by atoms with van der Waals surface area (Å²) >= 11 is 0. The molecule has 1 unspecified atom stereocenters. The molecule has 4 aliphatic heterocycles. The Morgan fingerprint density at radius 2 is 1.76 bits per heavy atom. The van der Waals surface area contributed by atoms with Crippen LogP contribution < -0.4 is 20.4 Å². The topological polar surface area (TPSA) is 154 Å². The molecule has 3 aromatic heterocycles. The highest BCUT2D eigenvalue weighted by atomic mass is 19.1. The number of methoxy groups -OCH3 is 1. The van der Waals surface area contributed by atoms with Crippen molar-refractivity contribution in [2.45, 2.75) is 89.7 Å². The number of fused-ring (bicyclic) bond motifs is 2. The maximum atomic E-state index is 15.9. The van der Waals surface area contributed by atoms with E-state index < -0.39 is 17.8 Å². The molecule has 8 rings (SSSR count). The van der Waals surface area contributed by atoms with E-state index >= 15 is 4.39 Å². The summed E-state index contributed by atoms with van der Waals surface area (Å²) in [6.07, 6.45) is 7.96. The van der Waals surface area contributed by atoms with Gasteiger partial charge < -0.3 is 24.8 Å². The number of carbonyl (C=O) groups excluding carboxylic acids is 3. The van der Waals surface area contributed by atoms with Crippen molar-refractivity contribution in [1.29, 1.82) is 0 Å². The Bertz CT molecular complexity index is 2110. The van der Waals surface area contributed by atoms with E-state index in [1.54, 1.807) is 25.4 Å². The number of carbonyl (C=O) groups is 3. The number of ether oxygens (including phenoxy) is 1. The minimum atomic E-state index is -0.778. The summed E-state index contributed by atoms with van der Waals surface area (Å²) in [6.45, 7) is 7.91. The number of piperidine rings is 3. The molecule has 2 N–H and O–H groups in total. The first kappa shape index (κ1) is 36.7. The van der Waals surface area contributed by atoms with Crippen molar-refractivity contribution in [2.24, 2.45) is 0 Å². The van der Waals surface area contributed by atoms with Crippen molar-refractivity contribution >= 4 is 52.0 Å². The molecule has 3 fully saturated rings. The first-order valence-electron chi connectivity index (χ1n) is 19.2. The van der Waals surface area contributed by atoms with Crippen LogP contribution in [0.1, 0.15) is 79.9 Å². The predicted octanol–water partition coefficient (Wildman–Crippen LogP) is 4.16. The quantitative estimate of drug-likeness (QED) is 0.224.